The summed E-state index contributed by atoms with van der Waals surface area (Å²) in [5.41, 5.74) is 5.22. The minimum atomic E-state index is -2.75. The fourth-order valence-corrected chi connectivity index (χ4v) is 1.50. The second-order valence-electron chi connectivity index (χ2n) is 3.36. The Morgan fingerprint density at radius 3 is 2.53 bits per heavy atom. The van der Waals surface area contributed by atoms with Crippen LogP contribution >= 0.6 is 0 Å². The van der Waals surface area contributed by atoms with E-state index in [4.69, 9.17) is 5.73 Å². The minimum absolute atomic E-state index is 0.387. The van der Waals surface area contributed by atoms with Gasteiger partial charge in [-0.05, 0) is 37.4 Å². The lowest BCUT2D eigenvalue weighted by Crippen LogP contribution is -2.02. The molecule has 0 heterocycles. The largest absolute Gasteiger partial charge is 0.330 e. The van der Waals surface area contributed by atoms with Gasteiger partial charge in [-0.3, -0.25) is 0 Å². The monoisotopic (exact) mass is 217 g/mol. The van der Waals surface area contributed by atoms with Gasteiger partial charge in [0.05, 0.1) is 5.56 Å². The molecule has 1 nitrogen and oxygen atoms in total. The molecule has 84 valence electrons. The highest BCUT2D eigenvalue weighted by Gasteiger charge is 2.17. The quantitative estimate of drug-likeness (QED) is 0.754. The molecule has 0 saturated heterocycles. The van der Waals surface area contributed by atoms with Crippen LogP contribution in [0, 0.1) is 5.82 Å². The first-order valence-corrected chi connectivity index (χ1v) is 4.92. The Bertz CT molecular complexity index is 313. The molecule has 0 atom stereocenters. The van der Waals surface area contributed by atoms with Gasteiger partial charge in [0.1, 0.15) is 5.82 Å². The smallest absolute Gasteiger partial charge is 0.266 e. The van der Waals surface area contributed by atoms with E-state index < -0.39 is 17.8 Å². The molecule has 2 N–H and O–H groups in total. The fraction of sp³-hybridized carbons (Fsp3) is 0.455. The third-order valence-electron chi connectivity index (χ3n) is 2.26. The van der Waals surface area contributed by atoms with Gasteiger partial charge < -0.3 is 5.73 Å². The molecule has 0 unspecified atom stereocenters. The Balaban J connectivity index is 2.81. The number of benzene rings is 1. The van der Waals surface area contributed by atoms with Crippen molar-refractivity contribution in [3.8, 4) is 0 Å². The summed E-state index contributed by atoms with van der Waals surface area (Å²) in [5.74, 6) is -0.824. The van der Waals surface area contributed by atoms with Gasteiger partial charge in [-0.2, -0.15) is 0 Å². The topological polar surface area (TPSA) is 26.0 Å². The Morgan fingerprint density at radius 1 is 1.20 bits per heavy atom. The molecule has 15 heavy (non-hydrogen) atoms. The first-order valence-electron chi connectivity index (χ1n) is 4.92. The number of rotatable bonds is 5. The van der Waals surface area contributed by atoms with Crippen LogP contribution in [-0.2, 0) is 6.42 Å². The molecule has 0 aliphatic rings. The van der Waals surface area contributed by atoms with Crippen LogP contribution in [0.3, 0.4) is 0 Å². The van der Waals surface area contributed by atoms with Crippen molar-refractivity contribution in [3.05, 3.63) is 35.1 Å². The van der Waals surface area contributed by atoms with Gasteiger partial charge in [0.15, 0.2) is 0 Å². The predicted molar refractivity (Wildman–Crippen MR) is 53.3 cm³/mol. The highest BCUT2D eigenvalue weighted by molar-refractivity contribution is 5.29. The average molecular weight is 217 g/mol. The Labute approximate surface area is 87.1 Å². The average Bonchev–Trinajstić information content (AvgIpc) is 2.17. The van der Waals surface area contributed by atoms with Crippen molar-refractivity contribution in [3.63, 3.8) is 0 Å². The lowest BCUT2D eigenvalue weighted by Gasteiger charge is -2.09. The van der Waals surface area contributed by atoms with E-state index in [9.17, 15) is 13.2 Å². The van der Waals surface area contributed by atoms with Gasteiger partial charge >= 0.3 is 0 Å². The zero-order valence-electron chi connectivity index (χ0n) is 8.35. The second-order valence-corrected chi connectivity index (χ2v) is 3.36. The number of aryl methyl sites for hydroxylation is 1. The SMILES string of the molecule is NCCCCc1cccc(F)c1C(F)F. The number of hydrogen-bond donors (Lipinski definition) is 1. The fourth-order valence-electron chi connectivity index (χ4n) is 1.50. The van der Waals surface area contributed by atoms with E-state index in [0.29, 0.717) is 24.9 Å². The van der Waals surface area contributed by atoms with E-state index >= 15 is 0 Å². The molecule has 0 saturated carbocycles. The van der Waals surface area contributed by atoms with Crippen LogP contribution < -0.4 is 5.73 Å². The van der Waals surface area contributed by atoms with Crippen LogP contribution in [0.1, 0.15) is 30.4 Å². The maximum atomic E-state index is 13.1. The van der Waals surface area contributed by atoms with Crippen molar-refractivity contribution in [2.45, 2.75) is 25.7 Å². The first kappa shape index (κ1) is 12.0. The molecular formula is C11H14F3N. The molecule has 0 amide bonds. The summed E-state index contributed by atoms with van der Waals surface area (Å²) in [6.07, 6.45) is -0.827. The molecular weight excluding hydrogens is 203 g/mol. The van der Waals surface area contributed by atoms with Gasteiger partial charge in [0, 0.05) is 0 Å². The normalized spacial score (nSPS) is 11.0. The van der Waals surface area contributed by atoms with Crippen molar-refractivity contribution in [2.75, 3.05) is 6.54 Å². The molecule has 0 radical (unpaired) electrons. The summed E-state index contributed by atoms with van der Waals surface area (Å²) >= 11 is 0. The molecule has 1 aromatic carbocycles. The van der Waals surface area contributed by atoms with Gasteiger partial charge in [-0.15, -0.1) is 0 Å². The standard InChI is InChI=1S/C11H14F3N/c12-9-6-3-5-8(4-1-2-7-15)10(9)11(13)14/h3,5-6,11H,1-2,4,7,15H2. The lowest BCUT2D eigenvalue weighted by molar-refractivity contribution is 0.145. The van der Waals surface area contributed by atoms with E-state index in [2.05, 4.69) is 0 Å². The maximum Gasteiger partial charge on any atom is 0.266 e. The van der Waals surface area contributed by atoms with Crippen LogP contribution in [0.25, 0.3) is 0 Å². The third kappa shape index (κ3) is 3.23. The number of halogens is 3. The van der Waals surface area contributed by atoms with E-state index in [1.807, 2.05) is 0 Å². The highest BCUT2D eigenvalue weighted by atomic mass is 19.3. The molecule has 0 aliphatic carbocycles. The van der Waals surface area contributed by atoms with Crippen LogP contribution in [0.2, 0.25) is 0 Å². The van der Waals surface area contributed by atoms with Crippen molar-refractivity contribution >= 4 is 0 Å². The van der Waals surface area contributed by atoms with E-state index in [-0.39, 0.29) is 0 Å². The molecule has 1 aromatic rings. The van der Waals surface area contributed by atoms with Gasteiger partial charge in [0.2, 0.25) is 0 Å². The molecule has 0 bridgehead atoms. The second kappa shape index (κ2) is 5.75. The summed E-state index contributed by atoms with van der Waals surface area (Å²) in [4.78, 5) is 0. The van der Waals surface area contributed by atoms with Crippen molar-refractivity contribution in [1.82, 2.24) is 0 Å². The van der Waals surface area contributed by atoms with Gasteiger partial charge in [0.25, 0.3) is 6.43 Å². The zero-order chi connectivity index (χ0) is 11.3. The molecule has 0 aromatic heterocycles. The van der Waals surface area contributed by atoms with Crippen molar-refractivity contribution in [2.24, 2.45) is 5.73 Å². The van der Waals surface area contributed by atoms with Crippen LogP contribution in [0.5, 0.6) is 0 Å². The number of unbranched alkanes of at least 4 members (excludes halogenated alkanes) is 1. The summed E-state index contributed by atoms with van der Waals surface area (Å²) in [6.45, 7) is 0.527. The number of hydrogen-bond acceptors (Lipinski definition) is 1. The molecule has 0 fully saturated rings. The summed E-state index contributed by atoms with van der Waals surface area (Å²) in [6, 6.07) is 4.06. The van der Waals surface area contributed by atoms with Gasteiger partial charge in [-0.1, -0.05) is 12.1 Å². The number of alkyl halides is 2. The first-order chi connectivity index (χ1) is 7.16. The Hall–Kier alpha value is -1.03. The lowest BCUT2D eigenvalue weighted by atomic mass is 10.0. The van der Waals surface area contributed by atoms with E-state index in [1.165, 1.54) is 6.07 Å². The summed E-state index contributed by atoms with van der Waals surface area (Å²) < 4.78 is 38.2. The minimum Gasteiger partial charge on any atom is -0.330 e. The Morgan fingerprint density at radius 2 is 1.93 bits per heavy atom. The maximum absolute atomic E-state index is 13.1. The Kier molecular flexibility index (Phi) is 4.62. The zero-order valence-corrected chi connectivity index (χ0v) is 8.35. The summed E-state index contributed by atoms with van der Waals surface area (Å²) in [5, 5.41) is 0. The highest BCUT2D eigenvalue weighted by Crippen LogP contribution is 2.26. The number of nitrogens with two attached hydrogens (primary N) is 1. The molecule has 0 aliphatic heterocycles. The van der Waals surface area contributed by atoms with Crippen molar-refractivity contribution < 1.29 is 13.2 Å². The summed E-state index contributed by atoms with van der Waals surface area (Å²) in [7, 11) is 0. The predicted octanol–water partition coefficient (Wildman–Crippen LogP) is 3.04. The van der Waals surface area contributed by atoms with Crippen LogP contribution in [0.15, 0.2) is 18.2 Å². The molecule has 0 spiro atoms. The van der Waals surface area contributed by atoms with E-state index in [0.717, 1.165) is 12.5 Å². The van der Waals surface area contributed by atoms with Crippen molar-refractivity contribution in [1.29, 1.82) is 0 Å². The van der Waals surface area contributed by atoms with Crippen LogP contribution in [-0.4, -0.2) is 6.54 Å². The molecule has 1 rings (SSSR count). The van der Waals surface area contributed by atoms with Crippen LogP contribution in [0.4, 0.5) is 13.2 Å². The third-order valence-corrected chi connectivity index (χ3v) is 2.26. The van der Waals surface area contributed by atoms with E-state index in [1.54, 1.807) is 6.07 Å². The van der Waals surface area contributed by atoms with Gasteiger partial charge in [-0.25, -0.2) is 13.2 Å². The molecule has 4 heteroatoms.